The van der Waals surface area contributed by atoms with E-state index in [0.29, 0.717) is 16.6 Å². The molecular formula is C11H8N2O4. The highest BCUT2D eigenvalue weighted by Crippen LogP contribution is 2.24. The molecule has 2 rings (SSSR count). The molecule has 86 valence electrons. The molecule has 0 radical (unpaired) electrons. The van der Waals surface area contributed by atoms with Gasteiger partial charge in [0.2, 0.25) is 0 Å². The van der Waals surface area contributed by atoms with Gasteiger partial charge >= 0.3 is 5.97 Å². The number of carboxylic acids is 1. The van der Waals surface area contributed by atoms with E-state index in [2.05, 4.69) is 11.6 Å². The minimum atomic E-state index is -1.13. The van der Waals surface area contributed by atoms with Crippen LogP contribution in [0.5, 0.6) is 0 Å². The Morgan fingerprint density at radius 1 is 1.41 bits per heavy atom. The molecule has 1 aromatic heterocycles. The zero-order valence-corrected chi connectivity index (χ0v) is 8.64. The van der Waals surface area contributed by atoms with Crippen LogP contribution in [0.4, 0.5) is 5.69 Å². The molecule has 0 aliphatic carbocycles. The van der Waals surface area contributed by atoms with E-state index in [1.807, 2.05) is 0 Å². The zero-order valence-electron chi connectivity index (χ0n) is 8.64. The lowest BCUT2D eigenvalue weighted by Gasteiger charge is -1.93. The number of aromatic amines is 1. The predicted octanol–water partition coefficient (Wildman–Crippen LogP) is 2.17. The van der Waals surface area contributed by atoms with Gasteiger partial charge in [0, 0.05) is 23.0 Å². The van der Waals surface area contributed by atoms with Gasteiger partial charge < -0.3 is 10.1 Å². The molecule has 0 bridgehead atoms. The molecule has 2 N–H and O–H groups in total. The van der Waals surface area contributed by atoms with Crippen molar-refractivity contribution in [2.75, 3.05) is 0 Å². The molecule has 0 fully saturated rings. The van der Waals surface area contributed by atoms with Crippen molar-refractivity contribution in [2.24, 2.45) is 0 Å². The van der Waals surface area contributed by atoms with Crippen molar-refractivity contribution in [2.45, 2.75) is 0 Å². The normalized spacial score (nSPS) is 10.4. The average Bonchev–Trinajstić information content (AvgIpc) is 2.69. The van der Waals surface area contributed by atoms with Gasteiger partial charge in [-0.25, -0.2) is 4.79 Å². The Morgan fingerprint density at radius 2 is 2.12 bits per heavy atom. The molecular weight excluding hydrogens is 224 g/mol. The number of benzene rings is 1. The van der Waals surface area contributed by atoms with Gasteiger partial charge in [0.1, 0.15) is 0 Å². The molecule has 0 saturated carbocycles. The monoisotopic (exact) mass is 232 g/mol. The number of H-pyrrole nitrogens is 1. The Bertz CT molecular complexity index is 642. The third kappa shape index (κ3) is 1.87. The number of non-ortho nitro benzene ring substituents is 1. The van der Waals surface area contributed by atoms with E-state index >= 15 is 0 Å². The van der Waals surface area contributed by atoms with Crippen LogP contribution in [0, 0.1) is 10.1 Å². The number of carboxylic acid groups (broad SMARTS) is 1. The van der Waals surface area contributed by atoms with Crippen LogP contribution in [0.25, 0.3) is 16.5 Å². The lowest BCUT2D eigenvalue weighted by molar-refractivity contribution is -0.384. The number of aliphatic carboxylic acids is 1. The molecule has 6 heteroatoms. The number of aromatic nitrogens is 1. The largest absolute Gasteiger partial charge is 0.478 e. The topological polar surface area (TPSA) is 96.2 Å². The second kappa shape index (κ2) is 3.75. The second-order valence-electron chi connectivity index (χ2n) is 3.50. The standard InChI is InChI=1S/C11H8N2O4/c1-6(11(14)15)10-5-7-4-8(13(16)17)2-3-9(7)12-10/h2-5,12H,1H2,(H,14,15). The highest BCUT2D eigenvalue weighted by Gasteiger charge is 2.12. The summed E-state index contributed by atoms with van der Waals surface area (Å²) in [7, 11) is 0. The number of hydrogen-bond donors (Lipinski definition) is 2. The first-order valence-electron chi connectivity index (χ1n) is 4.69. The van der Waals surface area contributed by atoms with Crippen LogP contribution < -0.4 is 0 Å². The van der Waals surface area contributed by atoms with E-state index in [1.54, 1.807) is 0 Å². The molecule has 1 heterocycles. The van der Waals surface area contributed by atoms with Crippen molar-refractivity contribution in [1.82, 2.24) is 4.98 Å². The van der Waals surface area contributed by atoms with Gasteiger partial charge in [-0.3, -0.25) is 10.1 Å². The molecule has 2 aromatic rings. The third-order valence-electron chi connectivity index (χ3n) is 2.40. The maximum atomic E-state index is 10.7. The van der Waals surface area contributed by atoms with Crippen molar-refractivity contribution in [3.05, 3.63) is 46.7 Å². The molecule has 1 aromatic carbocycles. The number of fused-ring (bicyclic) bond motifs is 1. The van der Waals surface area contributed by atoms with Crippen molar-refractivity contribution in [1.29, 1.82) is 0 Å². The Balaban J connectivity index is 2.54. The molecule has 0 aliphatic heterocycles. The van der Waals surface area contributed by atoms with Gasteiger partial charge in [0.25, 0.3) is 5.69 Å². The summed E-state index contributed by atoms with van der Waals surface area (Å²) in [6.45, 7) is 3.41. The van der Waals surface area contributed by atoms with Crippen molar-refractivity contribution in [3.8, 4) is 0 Å². The smallest absolute Gasteiger partial charge is 0.337 e. The third-order valence-corrected chi connectivity index (χ3v) is 2.40. The fourth-order valence-electron chi connectivity index (χ4n) is 1.51. The van der Waals surface area contributed by atoms with E-state index in [4.69, 9.17) is 5.11 Å². The first-order valence-corrected chi connectivity index (χ1v) is 4.69. The van der Waals surface area contributed by atoms with Gasteiger partial charge in [-0.2, -0.15) is 0 Å². The molecule has 0 aliphatic rings. The fraction of sp³-hybridized carbons (Fsp3) is 0. The number of nitrogens with one attached hydrogen (secondary N) is 1. The lowest BCUT2D eigenvalue weighted by Crippen LogP contribution is -1.97. The van der Waals surface area contributed by atoms with Crippen molar-refractivity contribution >= 4 is 28.1 Å². The van der Waals surface area contributed by atoms with Crippen LogP contribution in [-0.4, -0.2) is 21.0 Å². The Kier molecular flexibility index (Phi) is 2.40. The minimum absolute atomic E-state index is 0.0380. The Labute approximate surface area is 95.3 Å². The van der Waals surface area contributed by atoms with Crippen molar-refractivity contribution < 1.29 is 14.8 Å². The SMILES string of the molecule is C=C(C(=O)O)c1cc2cc([N+](=O)[O-])ccc2[nH]1. The second-order valence-corrected chi connectivity index (χ2v) is 3.50. The van der Waals surface area contributed by atoms with Crippen LogP contribution >= 0.6 is 0 Å². The van der Waals surface area contributed by atoms with E-state index < -0.39 is 10.9 Å². The van der Waals surface area contributed by atoms with E-state index in [-0.39, 0.29) is 11.3 Å². The molecule has 0 saturated heterocycles. The van der Waals surface area contributed by atoms with Crippen LogP contribution in [-0.2, 0) is 4.79 Å². The van der Waals surface area contributed by atoms with Crippen LogP contribution in [0.15, 0.2) is 30.8 Å². The summed E-state index contributed by atoms with van der Waals surface area (Å²) in [5.74, 6) is -1.13. The number of rotatable bonds is 3. The molecule has 17 heavy (non-hydrogen) atoms. The maximum Gasteiger partial charge on any atom is 0.337 e. The fourth-order valence-corrected chi connectivity index (χ4v) is 1.51. The molecule has 0 spiro atoms. The van der Waals surface area contributed by atoms with Gasteiger partial charge in [-0.15, -0.1) is 0 Å². The molecule has 0 amide bonds. The zero-order chi connectivity index (χ0) is 12.6. The van der Waals surface area contributed by atoms with E-state index in [1.165, 1.54) is 24.3 Å². The highest BCUT2D eigenvalue weighted by molar-refractivity contribution is 6.14. The van der Waals surface area contributed by atoms with Crippen LogP contribution in [0.2, 0.25) is 0 Å². The minimum Gasteiger partial charge on any atom is -0.478 e. The number of carbonyl (C=O) groups is 1. The summed E-state index contributed by atoms with van der Waals surface area (Å²) in [5.41, 5.74) is 0.855. The summed E-state index contributed by atoms with van der Waals surface area (Å²) in [6.07, 6.45) is 0. The quantitative estimate of drug-likeness (QED) is 0.481. The highest BCUT2D eigenvalue weighted by atomic mass is 16.6. The Morgan fingerprint density at radius 3 is 2.71 bits per heavy atom. The van der Waals surface area contributed by atoms with Gasteiger partial charge in [0.15, 0.2) is 0 Å². The summed E-state index contributed by atoms with van der Waals surface area (Å²) in [6, 6.07) is 5.79. The number of nitro groups is 1. The van der Waals surface area contributed by atoms with E-state index in [9.17, 15) is 14.9 Å². The number of nitro benzene ring substituents is 1. The average molecular weight is 232 g/mol. The molecule has 0 atom stereocenters. The van der Waals surface area contributed by atoms with Gasteiger partial charge in [-0.1, -0.05) is 6.58 Å². The van der Waals surface area contributed by atoms with E-state index in [0.717, 1.165) is 0 Å². The maximum absolute atomic E-state index is 10.7. The summed E-state index contributed by atoms with van der Waals surface area (Å²) in [4.78, 5) is 23.6. The number of hydrogen-bond acceptors (Lipinski definition) is 3. The number of nitrogens with zero attached hydrogens (tertiary/aromatic N) is 1. The molecule has 0 unspecified atom stereocenters. The van der Waals surface area contributed by atoms with Crippen LogP contribution in [0.3, 0.4) is 0 Å². The van der Waals surface area contributed by atoms with Crippen molar-refractivity contribution in [3.63, 3.8) is 0 Å². The summed E-state index contributed by atoms with van der Waals surface area (Å²) < 4.78 is 0. The summed E-state index contributed by atoms with van der Waals surface area (Å²) in [5, 5.41) is 19.9. The predicted molar refractivity (Wildman–Crippen MR) is 61.6 cm³/mol. The Hall–Kier alpha value is -2.63. The first-order chi connectivity index (χ1) is 7.99. The van der Waals surface area contributed by atoms with Gasteiger partial charge in [-0.05, 0) is 12.1 Å². The molecule has 6 nitrogen and oxygen atoms in total. The van der Waals surface area contributed by atoms with Crippen LogP contribution in [0.1, 0.15) is 5.69 Å². The van der Waals surface area contributed by atoms with Gasteiger partial charge in [0.05, 0.1) is 16.2 Å². The first kappa shape index (κ1) is 10.9. The summed E-state index contributed by atoms with van der Waals surface area (Å²) >= 11 is 0. The lowest BCUT2D eigenvalue weighted by atomic mass is 10.2.